The molecule has 1 aromatic carbocycles. The van der Waals surface area contributed by atoms with Crippen LogP contribution in [0.4, 0.5) is 5.82 Å². The quantitative estimate of drug-likeness (QED) is 0.582. The molecule has 1 aliphatic rings. The Morgan fingerprint density at radius 1 is 1.33 bits per heavy atom. The summed E-state index contributed by atoms with van der Waals surface area (Å²) in [5.74, 6) is 0.332. The number of halogens is 1. The van der Waals surface area contributed by atoms with Gasteiger partial charge < -0.3 is 15.0 Å². The molecule has 1 fully saturated rings. The topological polar surface area (TPSA) is 67.3 Å². The van der Waals surface area contributed by atoms with E-state index in [-0.39, 0.29) is 0 Å². The fourth-order valence-electron chi connectivity index (χ4n) is 3.02. The summed E-state index contributed by atoms with van der Waals surface area (Å²) in [6.07, 6.45) is 8.32. The molecule has 0 spiro atoms. The Bertz CT molecular complexity index is 778. The van der Waals surface area contributed by atoms with E-state index in [1.54, 1.807) is 18.5 Å². The number of esters is 1. The zero-order chi connectivity index (χ0) is 19.1. The van der Waals surface area contributed by atoms with Gasteiger partial charge in [0.15, 0.2) is 0 Å². The molecule has 1 N–H and O–H groups in total. The van der Waals surface area contributed by atoms with E-state index in [9.17, 15) is 4.79 Å². The van der Waals surface area contributed by atoms with Gasteiger partial charge in [-0.15, -0.1) is 0 Å². The van der Waals surface area contributed by atoms with Crippen LogP contribution in [0.25, 0.3) is 6.08 Å². The van der Waals surface area contributed by atoms with E-state index in [0.29, 0.717) is 11.7 Å². The number of nitrogens with zero attached hydrogens (tertiary/aromatic N) is 3. The molecule has 1 aliphatic heterocycles. The van der Waals surface area contributed by atoms with Gasteiger partial charge in [0.25, 0.3) is 0 Å². The van der Waals surface area contributed by atoms with E-state index in [4.69, 9.17) is 11.6 Å². The minimum absolute atomic E-state index is 0.362. The van der Waals surface area contributed by atoms with E-state index < -0.39 is 5.97 Å². The summed E-state index contributed by atoms with van der Waals surface area (Å²) in [5, 5.41) is 4.21. The minimum atomic E-state index is -0.413. The van der Waals surface area contributed by atoms with Crippen LogP contribution in [0, 0.1) is 0 Å². The lowest BCUT2D eigenvalue weighted by Gasteiger charge is -2.17. The van der Waals surface area contributed by atoms with E-state index in [1.807, 2.05) is 12.1 Å². The van der Waals surface area contributed by atoms with Crippen molar-refractivity contribution >= 4 is 29.5 Å². The average molecular weight is 387 g/mol. The van der Waals surface area contributed by atoms with Gasteiger partial charge in [-0.3, -0.25) is 4.98 Å². The normalized spacial score (nSPS) is 17.3. The molecule has 0 radical (unpaired) electrons. The number of methoxy groups -OCH3 is 1. The second kappa shape index (κ2) is 9.48. The molecule has 27 heavy (non-hydrogen) atoms. The molecule has 1 aromatic heterocycles. The van der Waals surface area contributed by atoms with E-state index in [2.05, 4.69) is 37.1 Å². The van der Waals surface area contributed by atoms with Gasteiger partial charge in [0.2, 0.25) is 0 Å². The number of carbonyl (C=O) groups excluding carboxylic acids is 1. The van der Waals surface area contributed by atoms with Crippen LogP contribution in [-0.2, 0) is 16.0 Å². The summed E-state index contributed by atoms with van der Waals surface area (Å²) in [4.78, 5) is 22.2. The van der Waals surface area contributed by atoms with Gasteiger partial charge >= 0.3 is 5.97 Å². The third-order valence-electron chi connectivity index (χ3n) is 4.52. The smallest absolute Gasteiger partial charge is 0.330 e. The lowest BCUT2D eigenvalue weighted by molar-refractivity contribution is -0.134. The van der Waals surface area contributed by atoms with E-state index >= 15 is 0 Å². The number of aromatic nitrogens is 2. The van der Waals surface area contributed by atoms with Crippen molar-refractivity contribution < 1.29 is 9.53 Å². The van der Waals surface area contributed by atoms with Crippen molar-refractivity contribution in [1.82, 2.24) is 14.9 Å². The fourth-order valence-corrected chi connectivity index (χ4v) is 3.15. The van der Waals surface area contributed by atoms with Gasteiger partial charge in [0.1, 0.15) is 5.82 Å². The number of nitrogens with one attached hydrogen (secondary N) is 1. The van der Waals surface area contributed by atoms with Crippen molar-refractivity contribution in [3.8, 4) is 0 Å². The Labute approximate surface area is 164 Å². The number of hydrogen-bond acceptors (Lipinski definition) is 6. The first kappa shape index (κ1) is 19.3. The lowest BCUT2D eigenvalue weighted by atomic mass is 10.1. The second-order valence-electron chi connectivity index (χ2n) is 6.49. The average Bonchev–Trinajstić information content (AvgIpc) is 3.14. The molecule has 6 nitrogen and oxygen atoms in total. The van der Waals surface area contributed by atoms with Gasteiger partial charge in [-0.2, -0.15) is 0 Å². The fraction of sp³-hybridized carbons (Fsp3) is 0.350. The monoisotopic (exact) mass is 386 g/mol. The molecule has 2 aromatic rings. The van der Waals surface area contributed by atoms with Gasteiger partial charge in [0.05, 0.1) is 25.2 Å². The maximum Gasteiger partial charge on any atom is 0.330 e. The highest BCUT2D eigenvalue weighted by molar-refractivity contribution is 6.30. The number of hydrogen-bond donors (Lipinski definition) is 1. The summed E-state index contributed by atoms with van der Waals surface area (Å²) >= 11 is 5.93. The number of rotatable bonds is 7. The van der Waals surface area contributed by atoms with Crippen LogP contribution in [0.2, 0.25) is 5.02 Å². The molecule has 142 valence electrons. The number of ether oxygens (including phenoxy) is 1. The molecule has 3 rings (SSSR count). The largest absolute Gasteiger partial charge is 0.466 e. The maximum atomic E-state index is 11.1. The molecular formula is C20H23ClN4O2. The molecule has 0 aliphatic carbocycles. The Morgan fingerprint density at radius 3 is 2.85 bits per heavy atom. The van der Waals surface area contributed by atoms with Crippen LogP contribution in [-0.4, -0.2) is 53.6 Å². The summed E-state index contributed by atoms with van der Waals surface area (Å²) < 4.78 is 4.55. The van der Waals surface area contributed by atoms with Crippen molar-refractivity contribution in [3.05, 3.63) is 59.0 Å². The summed E-state index contributed by atoms with van der Waals surface area (Å²) in [6.45, 7) is 3.08. The molecular weight excluding hydrogens is 364 g/mol. The molecule has 7 heteroatoms. The summed E-state index contributed by atoms with van der Waals surface area (Å²) in [6, 6.07) is 8.41. The molecule has 1 atom stereocenters. The summed E-state index contributed by atoms with van der Waals surface area (Å²) in [5.41, 5.74) is 1.92. The van der Waals surface area contributed by atoms with Crippen LogP contribution >= 0.6 is 11.6 Å². The van der Waals surface area contributed by atoms with Crippen LogP contribution in [0.1, 0.15) is 17.7 Å². The predicted octanol–water partition coefficient (Wildman–Crippen LogP) is 3.05. The standard InChI is InChI=1S/C20H23ClN4O2/c1-27-20(26)7-6-17-12-23-19(13-22-17)24-18-9-11-25(14-18)10-8-15-2-4-16(21)5-3-15/h2-7,12-13,18H,8-11,14H2,1H3,(H,23,24)/t18-/m1/s1. The molecule has 1 saturated heterocycles. The van der Waals surface area contributed by atoms with Gasteiger partial charge in [0, 0.05) is 36.8 Å². The lowest BCUT2D eigenvalue weighted by Crippen LogP contribution is -2.28. The highest BCUT2D eigenvalue weighted by atomic mass is 35.5. The third-order valence-corrected chi connectivity index (χ3v) is 4.77. The third kappa shape index (κ3) is 6.05. The highest BCUT2D eigenvalue weighted by Crippen LogP contribution is 2.16. The van der Waals surface area contributed by atoms with Crippen LogP contribution in [0.15, 0.2) is 42.7 Å². The predicted molar refractivity (Wildman–Crippen MR) is 107 cm³/mol. The highest BCUT2D eigenvalue weighted by Gasteiger charge is 2.22. The first-order valence-corrected chi connectivity index (χ1v) is 9.31. The molecule has 0 bridgehead atoms. The van der Waals surface area contributed by atoms with Crippen molar-refractivity contribution in [3.63, 3.8) is 0 Å². The second-order valence-corrected chi connectivity index (χ2v) is 6.93. The Hall–Kier alpha value is -2.44. The Balaban J connectivity index is 1.44. The number of carbonyl (C=O) groups is 1. The molecule has 2 heterocycles. The van der Waals surface area contributed by atoms with E-state index in [1.165, 1.54) is 18.7 Å². The van der Waals surface area contributed by atoms with Crippen LogP contribution in [0.5, 0.6) is 0 Å². The molecule has 0 saturated carbocycles. The van der Waals surface area contributed by atoms with Crippen LogP contribution in [0.3, 0.4) is 0 Å². The first-order chi connectivity index (χ1) is 13.1. The first-order valence-electron chi connectivity index (χ1n) is 8.94. The number of anilines is 1. The zero-order valence-electron chi connectivity index (χ0n) is 15.3. The van der Waals surface area contributed by atoms with Crippen molar-refractivity contribution in [2.45, 2.75) is 18.9 Å². The minimum Gasteiger partial charge on any atom is -0.466 e. The Kier molecular flexibility index (Phi) is 6.79. The molecule has 0 amide bonds. The van der Waals surface area contributed by atoms with Gasteiger partial charge in [-0.25, -0.2) is 9.78 Å². The van der Waals surface area contributed by atoms with E-state index in [0.717, 1.165) is 43.3 Å². The zero-order valence-corrected chi connectivity index (χ0v) is 16.0. The maximum absolute atomic E-state index is 11.1. The van der Waals surface area contributed by atoms with Gasteiger partial charge in [-0.05, 0) is 36.6 Å². The van der Waals surface area contributed by atoms with Crippen molar-refractivity contribution in [1.29, 1.82) is 0 Å². The number of likely N-dealkylation sites (tertiary alicyclic amines) is 1. The molecule has 0 unspecified atom stereocenters. The van der Waals surface area contributed by atoms with Crippen molar-refractivity contribution in [2.75, 3.05) is 32.1 Å². The Morgan fingerprint density at radius 2 is 2.15 bits per heavy atom. The van der Waals surface area contributed by atoms with Crippen LogP contribution < -0.4 is 5.32 Å². The summed E-state index contributed by atoms with van der Waals surface area (Å²) in [7, 11) is 1.34. The van der Waals surface area contributed by atoms with Gasteiger partial charge in [-0.1, -0.05) is 23.7 Å². The SMILES string of the molecule is COC(=O)C=Cc1cnc(N[C@@H]2CCN(CCc3ccc(Cl)cc3)C2)cn1. The van der Waals surface area contributed by atoms with Crippen molar-refractivity contribution in [2.24, 2.45) is 0 Å². The number of benzene rings is 1.